The van der Waals surface area contributed by atoms with Gasteiger partial charge in [0.2, 0.25) is 5.91 Å². The first-order valence-corrected chi connectivity index (χ1v) is 6.64. The average molecular weight is 281 g/mol. The number of nitrogens with one attached hydrogen (secondary N) is 1. The molecule has 2 aromatic heterocycles. The van der Waals surface area contributed by atoms with Crippen LogP contribution in [0.4, 0.5) is 0 Å². The number of hydrogen-bond acceptors (Lipinski definition) is 6. The Bertz CT molecular complexity index is 525. The molecule has 0 spiro atoms. The first-order chi connectivity index (χ1) is 9.20. The van der Waals surface area contributed by atoms with E-state index in [2.05, 4.69) is 15.6 Å². The molecule has 0 radical (unpaired) electrons. The summed E-state index contributed by atoms with van der Waals surface area (Å²) in [6.45, 7) is 0.841. The van der Waals surface area contributed by atoms with E-state index in [-0.39, 0.29) is 6.61 Å². The second-order valence-corrected chi connectivity index (χ2v) is 4.96. The Balaban J connectivity index is 2.04. The zero-order valence-electron chi connectivity index (χ0n) is 10.2. The van der Waals surface area contributed by atoms with Crippen LogP contribution >= 0.6 is 11.3 Å². The Labute approximate surface area is 114 Å². The average Bonchev–Trinajstić information content (AvgIpc) is 3.01. The predicted molar refractivity (Wildman–Crippen MR) is 70.2 cm³/mol. The Hall–Kier alpha value is -1.77. The van der Waals surface area contributed by atoms with E-state index in [9.17, 15) is 4.79 Å². The molecule has 0 bridgehead atoms. The summed E-state index contributed by atoms with van der Waals surface area (Å²) in [5, 5.41) is 21.5. The van der Waals surface area contributed by atoms with Gasteiger partial charge in [-0.15, -0.1) is 16.4 Å². The molecule has 0 aliphatic carbocycles. The lowest BCUT2D eigenvalue weighted by atomic mass is 10.2. The number of amides is 1. The van der Waals surface area contributed by atoms with Gasteiger partial charge in [-0.05, 0) is 11.4 Å². The van der Waals surface area contributed by atoms with E-state index in [0.29, 0.717) is 18.8 Å². The molecule has 7 nitrogen and oxygen atoms in total. The summed E-state index contributed by atoms with van der Waals surface area (Å²) in [5.74, 6) is -0.507. The van der Waals surface area contributed by atoms with Crippen molar-refractivity contribution in [1.29, 1.82) is 0 Å². The second-order valence-electron chi connectivity index (χ2n) is 3.93. The molecule has 2 heterocycles. The van der Waals surface area contributed by atoms with Crippen LogP contribution in [0.3, 0.4) is 0 Å². The van der Waals surface area contributed by atoms with Crippen molar-refractivity contribution in [2.24, 2.45) is 5.73 Å². The monoisotopic (exact) mass is 281 g/mol. The van der Waals surface area contributed by atoms with E-state index in [0.717, 1.165) is 4.88 Å². The molecule has 0 saturated carbocycles. The SMILES string of the molecule is NC(=O)C(NCc1cccs1)c1cn(CCO)nn1. The smallest absolute Gasteiger partial charge is 0.240 e. The molecule has 0 aliphatic rings. The summed E-state index contributed by atoms with van der Waals surface area (Å²) in [6.07, 6.45) is 1.60. The number of aliphatic hydroxyl groups is 1. The summed E-state index contributed by atoms with van der Waals surface area (Å²) < 4.78 is 1.47. The first-order valence-electron chi connectivity index (χ1n) is 5.76. The zero-order valence-corrected chi connectivity index (χ0v) is 11.0. The minimum atomic E-state index is -0.686. The van der Waals surface area contributed by atoms with Crippen LogP contribution in [0.15, 0.2) is 23.7 Å². The Morgan fingerprint density at radius 1 is 1.63 bits per heavy atom. The maximum atomic E-state index is 11.5. The van der Waals surface area contributed by atoms with Crippen molar-refractivity contribution in [3.8, 4) is 0 Å². The van der Waals surface area contributed by atoms with Gasteiger partial charge in [0.1, 0.15) is 11.7 Å². The van der Waals surface area contributed by atoms with Crippen molar-refractivity contribution in [1.82, 2.24) is 20.3 Å². The summed E-state index contributed by atoms with van der Waals surface area (Å²) in [5.41, 5.74) is 5.82. The van der Waals surface area contributed by atoms with Gasteiger partial charge in [0.25, 0.3) is 0 Å². The lowest BCUT2D eigenvalue weighted by Gasteiger charge is -2.11. The van der Waals surface area contributed by atoms with Gasteiger partial charge >= 0.3 is 0 Å². The van der Waals surface area contributed by atoms with E-state index in [1.54, 1.807) is 17.5 Å². The van der Waals surface area contributed by atoms with Crippen LogP contribution in [-0.4, -0.2) is 32.6 Å². The highest BCUT2D eigenvalue weighted by atomic mass is 32.1. The summed E-state index contributed by atoms with van der Waals surface area (Å²) in [7, 11) is 0. The van der Waals surface area contributed by atoms with Gasteiger partial charge in [-0.3, -0.25) is 10.1 Å². The number of nitrogens with zero attached hydrogens (tertiary/aromatic N) is 3. The Morgan fingerprint density at radius 3 is 3.11 bits per heavy atom. The molecule has 2 rings (SSSR count). The third-order valence-corrected chi connectivity index (χ3v) is 3.40. The van der Waals surface area contributed by atoms with E-state index in [1.807, 2.05) is 17.5 Å². The summed E-state index contributed by atoms with van der Waals surface area (Å²) in [4.78, 5) is 12.6. The first kappa shape index (κ1) is 13.7. The minimum Gasteiger partial charge on any atom is -0.394 e. The largest absolute Gasteiger partial charge is 0.394 e. The number of aromatic nitrogens is 3. The van der Waals surface area contributed by atoms with Crippen LogP contribution in [0, 0.1) is 0 Å². The normalized spacial score (nSPS) is 12.5. The molecule has 19 heavy (non-hydrogen) atoms. The van der Waals surface area contributed by atoms with Crippen molar-refractivity contribution in [3.05, 3.63) is 34.3 Å². The van der Waals surface area contributed by atoms with Crippen LogP contribution in [0.25, 0.3) is 0 Å². The van der Waals surface area contributed by atoms with Crippen LogP contribution in [0.5, 0.6) is 0 Å². The van der Waals surface area contributed by atoms with Crippen LogP contribution in [-0.2, 0) is 17.9 Å². The number of aliphatic hydroxyl groups excluding tert-OH is 1. The molecule has 1 atom stereocenters. The van der Waals surface area contributed by atoms with Crippen molar-refractivity contribution in [2.75, 3.05) is 6.61 Å². The summed E-state index contributed by atoms with van der Waals surface area (Å²) >= 11 is 1.60. The number of primary amides is 1. The fraction of sp³-hybridized carbons (Fsp3) is 0.364. The Morgan fingerprint density at radius 2 is 2.47 bits per heavy atom. The highest BCUT2D eigenvalue weighted by Crippen LogP contribution is 2.13. The van der Waals surface area contributed by atoms with E-state index >= 15 is 0 Å². The number of rotatable bonds is 7. The third kappa shape index (κ3) is 3.60. The van der Waals surface area contributed by atoms with Gasteiger partial charge in [-0.1, -0.05) is 11.3 Å². The lowest BCUT2D eigenvalue weighted by Crippen LogP contribution is -2.33. The van der Waals surface area contributed by atoms with Gasteiger partial charge in [0.05, 0.1) is 19.3 Å². The second kappa shape index (κ2) is 6.41. The molecular weight excluding hydrogens is 266 g/mol. The number of thiophene rings is 1. The van der Waals surface area contributed by atoms with E-state index < -0.39 is 11.9 Å². The maximum Gasteiger partial charge on any atom is 0.240 e. The molecule has 1 amide bonds. The van der Waals surface area contributed by atoms with Gasteiger partial charge in [-0.25, -0.2) is 4.68 Å². The lowest BCUT2D eigenvalue weighted by molar-refractivity contribution is -0.120. The van der Waals surface area contributed by atoms with Crippen molar-refractivity contribution in [2.45, 2.75) is 19.1 Å². The van der Waals surface area contributed by atoms with Crippen molar-refractivity contribution in [3.63, 3.8) is 0 Å². The fourth-order valence-electron chi connectivity index (χ4n) is 1.62. The standard InChI is InChI=1S/C11H15N5O2S/c12-11(18)10(13-6-8-2-1-5-19-8)9-7-16(3-4-17)15-14-9/h1-2,5,7,10,13,17H,3-4,6H2,(H2,12,18). The number of carbonyl (C=O) groups is 1. The molecule has 0 saturated heterocycles. The topological polar surface area (TPSA) is 106 Å². The van der Waals surface area contributed by atoms with Crippen molar-refractivity contribution >= 4 is 17.2 Å². The third-order valence-electron chi connectivity index (χ3n) is 2.53. The van der Waals surface area contributed by atoms with Gasteiger partial charge in [-0.2, -0.15) is 0 Å². The highest BCUT2D eigenvalue weighted by molar-refractivity contribution is 7.09. The highest BCUT2D eigenvalue weighted by Gasteiger charge is 2.20. The zero-order chi connectivity index (χ0) is 13.7. The number of nitrogens with two attached hydrogens (primary N) is 1. The number of hydrogen-bond donors (Lipinski definition) is 3. The quantitative estimate of drug-likeness (QED) is 0.643. The molecule has 1 unspecified atom stereocenters. The molecule has 2 aromatic rings. The molecule has 0 fully saturated rings. The van der Waals surface area contributed by atoms with Gasteiger partial charge < -0.3 is 10.8 Å². The van der Waals surface area contributed by atoms with E-state index in [1.165, 1.54) is 4.68 Å². The van der Waals surface area contributed by atoms with Crippen LogP contribution in [0.2, 0.25) is 0 Å². The molecule has 4 N–H and O–H groups in total. The fourth-order valence-corrected chi connectivity index (χ4v) is 2.28. The van der Waals surface area contributed by atoms with Gasteiger partial charge in [0, 0.05) is 11.4 Å². The Kier molecular flexibility index (Phi) is 4.61. The molecule has 0 aliphatic heterocycles. The van der Waals surface area contributed by atoms with E-state index in [4.69, 9.17) is 10.8 Å². The summed E-state index contributed by atoms with van der Waals surface area (Å²) in [6, 6.07) is 3.23. The molecule has 0 aromatic carbocycles. The maximum absolute atomic E-state index is 11.5. The van der Waals surface area contributed by atoms with Crippen LogP contribution in [0.1, 0.15) is 16.6 Å². The molecule has 8 heteroatoms. The molecular formula is C11H15N5O2S. The van der Waals surface area contributed by atoms with Crippen LogP contribution < -0.4 is 11.1 Å². The minimum absolute atomic E-state index is 0.0351. The predicted octanol–water partition coefficient (Wildman–Crippen LogP) is -0.352. The van der Waals surface area contributed by atoms with Gasteiger partial charge in [0.15, 0.2) is 0 Å². The number of carbonyl (C=O) groups excluding carboxylic acids is 1. The molecule has 102 valence electrons. The van der Waals surface area contributed by atoms with Crippen molar-refractivity contribution < 1.29 is 9.90 Å².